The molecule has 1 aromatic carbocycles. The van der Waals surface area contributed by atoms with Gasteiger partial charge in [-0.2, -0.15) is 0 Å². The molecule has 2 aliphatic heterocycles. The minimum Gasteiger partial charge on any atom is -0.481 e. The molecule has 2 fully saturated rings. The summed E-state index contributed by atoms with van der Waals surface area (Å²) in [5, 5.41) is 12.2. The first-order valence-electron chi connectivity index (χ1n) is 7.36. The monoisotopic (exact) mass is 289 g/mol. The van der Waals surface area contributed by atoms with E-state index in [0.717, 1.165) is 24.8 Å². The lowest BCUT2D eigenvalue weighted by atomic mass is 9.78. The Hall–Kier alpha value is -1.88. The van der Waals surface area contributed by atoms with Gasteiger partial charge in [0.1, 0.15) is 0 Å². The van der Waals surface area contributed by atoms with Crippen molar-refractivity contribution >= 4 is 11.9 Å². The molecule has 112 valence electrons. The number of ether oxygens (including phenoxy) is 1. The van der Waals surface area contributed by atoms with Crippen molar-refractivity contribution in [1.82, 2.24) is 5.32 Å². The quantitative estimate of drug-likeness (QED) is 0.854. The first-order valence-corrected chi connectivity index (χ1v) is 7.36. The standard InChI is InChI=1S/C16H19NO4/c18-15(17-9-8-10-4-2-1-3-5-10)13-11-6-7-12(21-11)14(13)16(19)20/h1-5,11-14H,6-9H2,(H,17,18)(H,19,20)/t11-,12+,13?,14?/m1/s1. The maximum atomic E-state index is 12.3. The number of carbonyl (C=O) groups excluding carboxylic acids is 1. The number of rotatable bonds is 5. The van der Waals surface area contributed by atoms with E-state index in [9.17, 15) is 14.7 Å². The largest absolute Gasteiger partial charge is 0.481 e. The second-order valence-electron chi connectivity index (χ2n) is 5.71. The van der Waals surface area contributed by atoms with Gasteiger partial charge in [-0.1, -0.05) is 30.3 Å². The number of carboxylic acid groups (broad SMARTS) is 1. The number of hydrogen-bond acceptors (Lipinski definition) is 3. The summed E-state index contributed by atoms with van der Waals surface area (Å²) in [6, 6.07) is 9.88. The molecule has 0 saturated carbocycles. The molecule has 5 nitrogen and oxygen atoms in total. The van der Waals surface area contributed by atoms with E-state index >= 15 is 0 Å². The number of nitrogens with one attached hydrogen (secondary N) is 1. The molecule has 1 amide bonds. The van der Waals surface area contributed by atoms with Crippen molar-refractivity contribution in [2.75, 3.05) is 6.54 Å². The van der Waals surface area contributed by atoms with Crippen LogP contribution in [0.3, 0.4) is 0 Å². The summed E-state index contributed by atoms with van der Waals surface area (Å²) in [5.74, 6) is -2.35. The van der Waals surface area contributed by atoms with Crippen LogP contribution in [0.25, 0.3) is 0 Å². The van der Waals surface area contributed by atoms with E-state index in [4.69, 9.17) is 4.74 Å². The predicted molar refractivity (Wildman–Crippen MR) is 75.7 cm³/mol. The van der Waals surface area contributed by atoms with Gasteiger partial charge in [0.2, 0.25) is 5.91 Å². The molecule has 5 heteroatoms. The highest BCUT2D eigenvalue weighted by atomic mass is 16.5. The average molecular weight is 289 g/mol. The lowest BCUT2D eigenvalue weighted by Crippen LogP contribution is -2.44. The van der Waals surface area contributed by atoms with Crippen molar-refractivity contribution in [3.8, 4) is 0 Å². The number of benzene rings is 1. The lowest BCUT2D eigenvalue weighted by molar-refractivity contribution is -0.147. The van der Waals surface area contributed by atoms with Crippen LogP contribution in [0.15, 0.2) is 30.3 Å². The molecule has 3 rings (SSSR count). The van der Waals surface area contributed by atoms with Gasteiger partial charge in [-0.05, 0) is 24.8 Å². The second kappa shape index (κ2) is 5.85. The Morgan fingerprint density at radius 1 is 1.14 bits per heavy atom. The van der Waals surface area contributed by atoms with Crippen LogP contribution in [0.1, 0.15) is 18.4 Å². The van der Waals surface area contributed by atoms with Crippen molar-refractivity contribution in [2.45, 2.75) is 31.5 Å². The molecule has 21 heavy (non-hydrogen) atoms. The fourth-order valence-corrected chi connectivity index (χ4v) is 3.42. The molecule has 0 spiro atoms. The molecule has 4 atom stereocenters. The van der Waals surface area contributed by atoms with Gasteiger partial charge in [0, 0.05) is 6.54 Å². The van der Waals surface area contributed by atoms with Crippen LogP contribution in [-0.4, -0.2) is 35.7 Å². The van der Waals surface area contributed by atoms with Gasteiger partial charge >= 0.3 is 5.97 Å². The molecule has 1 aromatic rings. The number of fused-ring (bicyclic) bond motifs is 2. The molecule has 0 aliphatic carbocycles. The predicted octanol–water partition coefficient (Wildman–Crippen LogP) is 1.22. The molecule has 0 aromatic heterocycles. The van der Waals surface area contributed by atoms with Crippen LogP contribution in [0.5, 0.6) is 0 Å². The van der Waals surface area contributed by atoms with Crippen molar-refractivity contribution in [2.24, 2.45) is 11.8 Å². The maximum Gasteiger partial charge on any atom is 0.310 e. The van der Waals surface area contributed by atoms with Crippen LogP contribution in [-0.2, 0) is 20.7 Å². The number of amides is 1. The van der Waals surface area contributed by atoms with Crippen molar-refractivity contribution in [3.05, 3.63) is 35.9 Å². The van der Waals surface area contributed by atoms with E-state index in [0.29, 0.717) is 6.54 Å². The zero-order chi connectivity index (χ0) is 14.8. The minimum atomic E-state index is -0.926. The van der Waals surface area contributed by atoms with Crippen molar-refractivity contribution in [3.63, 3.8) is 0 Å². The van der Waals surface area contributed by atoms with Crippen LogP contribution < -0.4 is 5.32 Å². The van der Waals surface area contributed by atoms with Gasteiger partial charge in [-0.25, -0.2) is 0 Å². The summed E-state index contributed by atoms with van der Waals surface area (Å²) in [6.45, 7) is 0.517. The third kappa shape index (κ3) is 2.78. The SMILES string of the molecule is O=C(O)C1C(C(=O)NCCc2ccccc2)[C@H]2CC[C@@H]1O2. The Bertz CT molecular complexity index is 530. The van der Waals surface area contributed by atoms with E-state index < -0.39 is 17.8 Å². The number of carboxylic acids is 1. The zero-order valence-corrected chi connectivity index (χ0v) is 11.7. The maximum absolute atomic E-state index is 12.3. The molecule has 2 N–H and O–H groups in total. The molecular formula is C16H19NO4. The first kappa shape index (κ1) is 14.1. The van der Waals surface area contributed by atoms with Gasteiger partial charge < -0.3 is 15.2 Å². The smallest absolute Gasteiger partial charge is 0.310 e. The van der Waals surface area contributed by atoms with Crippen LogP contribution >= 0.6 is 0 Å². The summed E-state index contributed by atoms with van der Waals surface area (Å²) in [5.41, 5.74) is 1.15. The summed E-state index contributed by atoms with van der Waals surface area (Å²) in [6.07, 6.45) is 1.75. The highest BCUT2D eigenvalue weighted by molar-refractivity contribution is 5.86. The third-order valence-corrected chi connectivity index (χ3v) is 4.42. The van der Waals surface area contributed by atoms with E-state index in [-0.39, 0.29) is 18.1 Å². The van der Waals surface area contributed by atoms with Crippen LogP contribution in [0.2, 0.25) is 0 Å². The molecule has 2 unspecified atom stereocenters. The summed E-state index contributed by atoms with van der Waals surface area (Å²) in [7, 11) is 0. The topological polar surface area (TPSA) is 75.6 Å². The van der Waals surface area contributed by atoms with Gasteiger partial charge in [0.25, 0.3) is 0 Å². The fourth-order valence-electron chi connectivity index (χ4n) is 3.42. The van der Waals surface area contributed by atoms with Gasteiger partial charge in [0.05, 0.1) is 24.0 Å². The molecular weight excluding hydrogens is 270 g/mol. The summed E-state index contributed by atoms with van der Waals surface area (Å²) < 4.78 is 5.60. The first-order chi connectivity index (χ1) is 10.2. The number of carbonyl (C=O) groups is 2. The number of aliphatic carboxylic acids is 1. The molecule has 2 heterocycles. The van der Waals surface area contributed by atoms with E-state index in [1.165, 1.54) is 0 Å². The zero-order valence-electron chi connectivity index (χ0n) is 11.7. The molecule has 2 saturated heterocycles. The normalized spacial score (nSPS) is 30.3. The van der Waals surface area contributed by atoms with E-state index in [1.807, 2.05) is 30.3 Å². The van der Waals surface area contributed by atoms with Crippen molar-refractivity contribution in [1.29, 1.82) is 0 Å². The average Bonchev–Trinajstić information content (AvgIpc) is 3.08. The highest BCUT2D eigenvalue weighted by Crippen LogP contribution is 2.43. The van der Waals surface area contributed by atoms with Crippen LogP contribution in [0, 0.1) is 11.8 Å². The molecule has 0 radical (unpaired) electrons. The summed E-state index contributed by atoms with van der Waals surface area (Å²) in [4.78, 5) is 23.6. The Labute approximate surface area is 123 Å². The summed E-state index contributed by atoms with van der Waals surface area (Å²) >= 11 is 0. The van der Waals surface area contributed by atoms with Crippen LogP contribution in [0.4, 0.5) is 0 Å². The Morgan fingerprint density at radius 2 is 1.81 bits per heavy atom. The minimum absolute atomic E-state index is 0.189. The lowest BCUT2D eigenvalue weighted by Gasteiger charge is -2.23. The Balaban J connectivity index is 1.56. The Kier molecular flexibility index (Phi) is 3.92. The van der Waals surface area contributed by atoms with E-state index in [1.54, 1.807) is 0 Å². The fraction of sp³-hybridized carbons (Fsp3) is 0.500. The second-order valence-corrected chi connectivity index (χ2v) is 5.71. The number of hydrogen-bond donors (Lipinski definition) is 2. The Morgan fingerprint density at radius 3 is 2.48 bits per heavy atom. The van der Waals surface area contributed by atoms with Crippen molar-refractivity contribution < 1.29 is 19.4 Å². The highest BCUT2D eigenvalue weighted by Gasteiger charge is 2.55. The van der Waals surface area contributed by atoms with Gasteiger partial charge in [-0.15, -0.1) is 0 Å². The third-order valence-electron chi connectivity index (χ3n) is 4.42. The van der Waals surface area contributed by atoms with E-state index in [2.05, 4.69) is 5.32 Å². The van der Waals surface area contributed by atoms with Gasteiger partial charge in [-0.3, -0.25) is 9.59 Å². The van der Waals surface area contributed by atoms with Gasteiger partial charge in [0.15, 0.2) is 0 Å². The molecule has 2 bridgehead atoms. The molecule has 2 aliphatic rings.